The molecule has 1 aromatic heterocycles. The molecule has 2 heterocycles. The van der Waals surface area contributed by atoms with Crippen LogP contribution in [-0.4, -0.2) is 41.2 Å². The number of methoxy groups -OCH3 is 1. The van der Waals surface area contributed by atoms with Crippen molar-refractivity contribution >= 4 is 11.7 Å². The summed E-state index contributed by atoms with van der Waals surface area (Å²) in [6, 6.07) is 7.68. The van der Waals surface area contributed by atoms with Gasteiger partial charge in [0.2, 0.25) is 5.95 Å². The Kier molecular flexibility index (Phi) is 4.50. The summed E-state index contributed by atoms with van der Waals surface area (Å²) in [5.41, 5.74) is 1.73. The Hall–Kier alpha value is -2.50. The number of hydrogen-bond donors (Lipinski definition) is 0. The maximum atomic E-state index is 11.6. The highest BCUT2D eigenvalue weighted by Crippen LogP contribution is 2.24. The summed E-state index contributed by atoms with van der Waals surface area (Å²) in [7, 11) is 1.64. The summed E-state index contributed by atoms with van der Waals surface area (Å²) < 4.78 is 5.17. The highest BCUT2D eigenvalue weighted by Gasteiger charge is 2.25. The molecule has 6 heteroatoms. The molecule has 120 valence electrons. The first kappa shape index (κ1) is 15.4. The largest absolute Gasteiger partial charge is 0.497 e. The fourth-order valence-corrected chi connectivity index (χ4v) is 2.82. The zero-order chi connectivity index (χ0) is 16.2. The molecule has 0 bridgehead atoms. The van der Waals surface area contributed by atoms with Crippen molar-refractivity contribution in [1.29, 1.82) is 0 Å². The number of anilines is 1. The SMILES string of the molecule is COc1ccc(-c2cnnc(N3CCC[C@H](C(C)=O)C3)n2)cc1. The molecule has 0 amide bonds. The molecule has 1 fully saturated rings. The van der Waals surface area contributed by atoms with Crippen molar-refractivity contribution in [2.45, 2.75) is 19.8 Å². The molecule has 0 radical (unpaired) electrons. The zero-order valence-electron chi connectivity index (χ0n) is 13.4. The average molecular weight is 312 g/mol. The predicted octanol–water partition coefficient (Wildman–Crippen LogP) is 2.35. The van der Waals surface area contributed by atoms with Crippen molar-refractivity contribution in [2.24, 2.45) is 5.92 Å². The summed E-state index contributed by atoms with van der Waals surface area (Å²) in [5, 5.41) is 8.22. The molecule has 1 aliphatic rings. The van der Waals surface area contributed by atoms with Gasteiger partial charge in [0.25, 0.3) is 0 Å². The van der Waals surface area contributed by atoms with E-state index in [1.807, 2.05) is 24.3 Å². The average Bonchev–Trinajstić information content (AvgIpc) is 2.62. The number of benzene rings is 1. The number of carbonyl (C=O) groups is 1. The second-order valence-electron chi connectivity index (χ2n) is 5.77. The van der Waals surface area contributed by atoms with E-state index in [0.717, 1.165) is 36.4 Å². The lowest BCUT2D eigenvalue weighted by molar-refractivity contribution is -0.120. The zero-order valence-corrected chi connectivity index (χ0v) is 13.4. The van der Waals surface area contributed by atoms with Crippen molar-refractivity contribution < 1.29 is 9.53 Å². The maximum absolute atomic E-state index is 11.6. The quantitative estimate of drug-likeness (QED) is 0.863. The van der Waals surface area contributed by atoms with Gasteiger partial charge in [-0.3, -0.25) is 4.79 Å². The summed E-state index contributed by atoms with van der Waals surface area (Å²) in [5.74, 6) is 1.69. The molecule has 0 N–H and O–H groups in total. The molecule has 1 saturated heterocycles. The van der Waals surface area contributed by atoms with E-state index in [9.17, 15) is 4.79 Å². The standard InChI is InChI=1S/C17H20N4O2/c1-12(22)14-4-3-9-21(11-14)17-19-16(10-18-20-17)13-5-7-15(23-2)8-6-13/h5-8,10,14H,3-4,9,11H2,1-2H3/t14-/m0/s1. The van der Waals surface area contributed by atoms with Gasteiger partial charge in [-0.15, -0.1) is 5.10 Å². The van der Waals surface area contributed by atoms with Gasteiger partial charge in [0, 0.05) is 24.6 Å². The molecule has 6 nitrogen and oxygen atoms in total. The molecule has 0 unspecified atom stereocenters. The number of ether oxygens (including phenoxy) is 1. The van der Waals surface area contributed by atoms with Crippen molar-refractivity contribution in [3.8, 4) is 17.0 Å². The van der Waals surface area contributed by atoms with E-state index in [4.69, 9.17) is 4.74 Å². The highest BCUT2D eigenvalue weighted by molar-refractivity contribution is 5.79. The first-order valence-corrected chi connectivity index (χ1v) is 7.77. The minimum absolute atomic E-state index is 0.0667. The van der Waals surface area contributed by atoms with Crippen molar-refractivity contribution in [1.82, 2.24) is 15.2 Å². The molecule has 1 aromatic carbocycles. The lowest BCUT2D eigenvalue weighted by atomic mass is 9.95. The second-order valence-corrected chi connectivity index (χ2v) is 5.77. The molecule has 2 aromatic rings. The van der Waals surface area contributed by atoms with E-state index in [1.54, 1.807) is 20.2 Å². The lowest BCUT2D eigenvalue weighted by Crippen LogP contribution is -2.39. The van der Waals surface area contributed by atoms with Crippen LogP contribution in [0.1, 0.15) is 19.8 Å². The van der Waals surface area contributed by atoms with Crippen LogP contribution in [-0.2, 0) is 4.79 Å². The Balaban J connectivity index is 1.82. The van der Waals surface area contributed by atoms with Crippen LogP contribution in [0, 0.1) is 5.92 Å². The van der Waals surface area contributed by atoms with Crippen molar-refractivity contribution in [3.05, 3.63) is 30.5 Å². The van der Waals surface area contributed by atoms with E-state index < -0.39 is 0 Å². The van der Waals surface area contributed by atoms with Crippen LogP contribution in [0.25, 0.3) is 11.3 Å². The number of ketones is 1. The van der Waals surface area contributed by atoms with Crippen LogP contribution in [0.3, 0.4) is 0 Å². The van der Waals surface area contributed by atoms with Crippen molar-refractivity contribution in [2.75, 3.05) is 25.1 Å². The van der Waals surface area contributed by atoms with Crippen LogP contribution in [0.15, 0.2) is 30.5 Å². The van der Waals surface area contributed by atoms with E-state index in [2.05, 4.69) is 20.1 Å². The third-order valence-electron chi connectivity index (χ3n) is 4.21. The van der Waals surface area contributed by atoms with Gasteiger partial charge in [0.1, 0.15) is 11.5 Å². The molecular formula is C17H20N4O2. The monoisotopic (exact) mass is 312 g/mol. The van der Waals surface area contributed by atoms with Crippen LogP contribution in [0.2, 0.25) is 0 Å². The van der Waals surface area contributed by atoms with Gasteiger partial charge >= 0.3 is 0 Å². The third-order valence-corrected chi connectivity index (χ3v) is 4.21. The Morgan fingerprint density at radius 3 is 2.78 bits per heavy atom. The number of hydrogen-bond acceptors (Lipinski definition) is 6. The summed E-state index contributed by atoms with van der Waals surface area (Å²) in [6.07, 6.45) is 3.56. The molecule has 23 heavy (non-hydrogen) atoms. The topological polar surface area (TPSA) is 68.2 Å². The highest BCUT2D eigenvalue weighted by atomic mass is 16.5. The third kappa shape index (κ3) is 3.47. The van der Waals surface area contributed by atoms with E-state index in [-0.39, 0.29) is 11.7 Å². The minimum Gasteiger partial charge on any atom is -0.497 e. The van der Waals surface area contributed by atoms with Crippen molar-refractivity contribution in [3.63, 3.8) is 0 Å². The molecule has 0 saturated carbocycles. The van der Waals surface area contributed by atoms with Crippen LogP contribution in [0.5, 0.6) is 5.75 Å². The van der Waals surface area contributed by atoms with Gasteiger partial charge in [0.05, 0.1) is 19.0 Å². The molecule has 3 rings (SSSR count). The fraction of sp³-hybridized carbons (Fsp3) is 0.412. The summed E-state index contributed by atoms with van der Waals surface area (Å²) in [4.78, 5) is 18.3. The number of nitrogens with zero attached hydrogens (tertiary/aromatic N) is 4. The lowest BCUT2D eigenvalue weighted by Gasteiger charge is -2.31. The predicted molar refractivity (Wildman–Crippen MR) is 87.4 cm³/mol. The van der Waals surface area contributed by atoms with Gasteiger partial charge in [-0.1, -0.05) is 0 Å². The first-order chi connectivity index (χ1) is 11.2. The number of Topliss-reactive ketones (excluding diaryl/α,β-unsaturated/α-hetero) is 1. The number of carbonyl (C=O) groups excluding carboxylic acids is 1. The fourth-order valence-electron chi connectivity index (χ4n) is 2.82. The smallest absolute Gasteiger partial charge is 0.245 e. The van der Waals surface area contributed by atoms with E-state index in [0.29, 0.717) is 12.5 Å². The second kappa shape index (κ2) is 6.73. The van der Waals surface area contributed by atoms with Gasteiger partial charge < -0.3 is 9.64 Å². The summed E-state index contributed by atoms with van der Waals surface area (Å²) >= 11 is 0. The van der Waals surface area contributed by atoms with Crippen LogP contribution in [0.4, 0.5) is 5.95 Å². The normalized spacial score (nSPS) is 17.8. The number of rotatable bonds is 4. The Morgan fingerprint density at radius 1 is 1.30 bits per heavy atom. The van der Waals surface area contributed by atoms with E-state index >= 15 is 0 Å². The molecular weight excluding hydrogens is 292 g/mol. The molecule has 1 aliphatic heterocycles. The maximum Gasteiger partial charge on any atom is 0.245 e. The Morgan fingerprint density at radius 2 is 2.09 bits per heavy atom. The summed E-state index contributed by atoms with van der Waals surface area (Å²) in [6.45, 7) is 3.18. The van der Waals surface area contributed by atoms with Gasteiger partial charge in [-0.2, -0.15) is 5.10 Å². The van der Waals surface area contributed by atoms with E-state index in [1.165, 1.54) is 0 Å². The molecule has 1 atom stereocenters. The van der Waals surface area contributed by atoms with Gasteiger partial charge in [0.15, 0.2) is 0 Å². The molecule has 0 aliphatic carbocycles. The number of piperidine rings is 1. The van der Waals surface area contributed by atoms with Crippen LogP contribution < -0.4 is 9.64 Å². The Bertz CT molecular complexity index is 687. The Labute approximate surface area is 135 Å². The minimum atomic E-state index is 0.0667. The number of aromatic nitrogens is 3. The van der Waals surface area contributed by atoms with Gasteiger partial charge in [-0.25, -0.2) is 4.98 Å². The van der Waals surface area contributed by atoms with Gasteiger partial charge in [-0.05, 0) is 44.0 Å². The first-order valence-electron chi connectivity index (χ1n) is 7.77. The van der Waals surface area contributed by atoms with Crippen LogP contribution >= 0.6 is 0 Å². The molecule has 0 spiro atoms.